The number of halogens is 1. The summed E-state index contributed by atoms with van der Waals surface area (Å²) in [6, 6.07) is 16.0. The normalized spacial score (nSPS) is 12.6. The zero-order valence-electron chi connectivity index (χ0n) is 18.4. The van der Waals surface area contributed by atoms with E-state index in [9.17, 15) is 14.7 Å². The third-order valence-electron chi connectivity index (χ3n) is 5.37. The first-order valence-electron chi connectivity index (χ1n) is 10.8. The number of nitrogens with one attached hydrogen (secondary N) is 2. The minimum atomic E-state index is -1.62. The predicted octanol–water partition coefficient (Wildman–Crippen LogP) is 3.36. The molecule has 4 aromatic rings. The monoisotopic (exact) mass is 491 g/mol. The topological polar surface area (TPSA) is 141 Å². The quantitative estimate of drug-likeness (QED) is 0.281. The van der Waals surface area contributed by atoms with Crippen LogP contribution in [0.4, 0.5) is 0 Å². The number of carbonyl (C=O) groups excluding carboxylic acids is 1. The molecule has 0 fully saturated rings. The highest BCUT2D eigenvalue weighted by molar-refractivity contribution is 6.30. The summed E-state index contributed by atoms with van der Waals surface area (Å²) in [4.78, 5) is 32.2. The number of aromatic nitrogens is 4. The lowest BCUT2D eigenvalue weighted by molar-refractivity contribution is -0.147. The molecule has 2 aromatic heterocycles. The maximum Gasteiger partial charge on any atom is 0.332 e. The molecular weight excluding hydrogens is 470 g/mol. The van der Waals surface area contributed by atoms with Crippen LogP contribution in [0.15, 0.2) is 73.2 Å². The van der Waals surface area contributed by atoms with E-state index in [0.717, 1.165) is 16.7 Å². The summed E-state index contributed by atoms with van der Waals surface area (Å²) in [5.41, 5.74) is 3.92. The molecule has 2 atom stereocenters. The standard InChI is InChI=1S/C25H22ClN5O4/c26-18-3-1-2-17(11-18)16-6-4-15(5-7-16)10-19(12-23(32)25(34)35)29-24(33)21-13-20(30-31-21)22-14-27-8-9-28-22/h1-9,11,13-14,19,23,32H,10,12H2,(H,29,33)(H,30,31)(H,34,35). The summed E-state index contributed by atoms with van der Waals surface area (Å²) < 4.78 is 0. The second kappa shape index (κ2) is 10.9. The summed E-state index contributed by atoms with van der Waals surface area (Å²) in [6.45, 7) is 0. The van der Waals surface area contributed by atoms with Gasteiger partial charge in [0.25, 0.3) is 5.91 Å². The maximum absolute atomic E-state index is 12.9. The molecule has 2 heterocycles. The van der Waals surface area contributed by atoms with Crippen LogP contribution in [0.5, 0.6) is 0 Å². The molecule has 0 radical (unpaired) electrons. The molecule has 0 bridgehead atoms. The molecule has 0 aliphatic heterocycles. The van der Waals surface area contributed by atoms with Crippen LogP contribution in [-0.2, 0) is 11.2 Å². The van der Waals surface area contributed by atoms with Crippen LogP contribution in [0.3, 0.4) is 0 Å². The summed E-state index contributed by atoms with van der Waals surface area (Å²) in [5.74, 6) is -1.84. The fraction of sp³-hybridized carbons (Fsp3) is 0.160. The van der Waals surface area contributed by atoms with E-state index in [0.29, 0.717) is 22.8 Å². The molecular formula is C25H22ClN5O4. The van der Waals surface area contributed by atoms with Gasteiger partial charge in [-0.1, -0.05) is 48.0 Å². The molecule has 0 saturated heterocycles. The first kappa shape index (κ1) is 24.1. The lowest BCUT2D eigenvalue weighted by atomic mass is 9.97. The number of hydrogen-bond donors (Lipinski definition) is 4. The Bertz CT molecular complexity index is 1310. The predicted molar refractivity (Wildman–Crippen MR) is 130 cm³/mol. The minimum Gasteiger partial charge on any atom is -0.479 e. The molecule has 2 aromatic carbocycles. The minimum absolute atomic E-state index is 0.164. The van der Waals surface area contributed by atoms with Crippen molar-refractivity contribution in [1.82, 2.24) is 25.5 Å². The molecule has 0 spiro atoms. The number of carboxylic acid groups (broad SMARTS) is 1. The maximum atomic E-state index is 12.9. The van der Waals surface area contributed by atoms with Crippen molar-refractivity contribution in [3.05, 3.63) is 89.5 Å². The van der Waals surface area contributed by atoms with Crippen LogP contribution >= 0.6 is 11.6 Å². The van der Waals surface area contributed by atoms with Crippen LogP contribution in [0, 0.1) is 0 Å². The molecule has 2 unspecified atom stereocenters. The van der Waals surface area contributed by atoms with Gasteiger partial charge in [-0.25, -0.2) is 4.79 Å². The second-order valence-electron chi connectivity index (χ2n) is 7.93. The molecule has 0 aliphatic rings. The van der Waals surface area contributed by atoms with E-state index < -0.39 is 24.0 Å². The van der Waals surface area contributed by atoms with Crippen LogP contribution in [0.2, 0.25) is 5.02 Å². The number of aliphatic carboxylic acids is 1. The summed E-state index contributed by atoms with van der Waals surface area (Å²) in [6.07, 6.45) is 3.10. The molecule has 178 valence electrons. The molecule has 4 N–H and O–H groups in total. The Balaban J connectivity index is 1.48. The van der Waals surface area contributed by atoms with Crippen molar-refractivity contribution in [3.8, 4) is 22.5 Å². The van der Waals surface area contributed by atoms with Gasteiger partial charge in [0.2, 0.25) is 0 Å². The first-order chi connectivity index (χ1) is 16.9. The van der Waals surface area contributed by atoms with Gasteiger partial charge in [0.1, 0.15) is 17.1 Å². The van der Waals surface area contributed by atoms with Gasteiger partial charge in [0, 0.05) is 29.9 Å². The smallest absolute Gasteiger partial charge is 0.332 e. The van der Waals surface area contributed by atoms with E-state index in [1.54, 1.807) is 6.07 Å². The van der Waals surface area contributed by atoms with Gasteiger partial charge in [0.05, 0.1) is 6.20 Å². The van der Waals surface area contributed by atoms with E-state index in [-0.39, 0.29) is 12.1 Å². The summed E-state index contributed by atoms with van der Waals surface area (Å²) in [7, 11) is 0. The number of H-pyrrole nitrogens is 1. The molecule has 0 aliphatic carbocycles. The van der Waals surface area contributed by atoms with E-state index in [2.05, 4.69) is 25.5 Å². The number of aliphatic hydroxyl groups is 1. The number of carbonyl (C=O) groups is 2. The van der Waals surface area contributed by atoms with Gasteiger partial charge in [0.15, 0.2) is 6.10 Å². The average molecular weight is 492 g/mol. The zero-order chi connectivity index (χ0) is 24.8. The van der Waals surface area contributed by atoms with E-state index in [4.69, 9.17) is 16.7 Å². The highest BCUT2D eigenvalue weighted by atomic mass is 35.5. The second-order valence-corrected chi connectivity index (χ2v) is 8.37. The molecule has 35 heavy (non-hydrogen) atoms. The third kappa shape index (κ3) is 6.28. The lowest BCUT2D eigenvalue weighted by Crippen LogP contribution is -2.40. The fourth-order valence-corrected chi connectivity index (χ4v) is 3.80. The van der Waals surface area contributed by atoms with Gasteiger partial charge < -0.3 is 15.5 Å². The Hall–Kier alpha value is -4.08. The number of benzene rings is 2. The lowest BCUT2D eigenvalue weighted by Gasteiger charge is -2.20. The Morgan fingerprint density at radius 1 is 1.03 bits per heavy atom. The van der Waals surface area contributed by atoms with Crippen molar-refractivity contribution in [2.75, 3.05) is 0 Å². The van der Waals surface area contributed by atoms with Gasteiger partial charge >= 0.3 is 5.97 Å². The Kier molecular flexibility index (Phi) is 7.49. The number of rotatable bonds is 9. The molecule has 4 rings (SSSR count). The van der Waals surface area contributed by atoms with Crippen LogP contribution < -0.4 is 5.32 Å². The van der Waals surface area contributed by atoms with Crippen LogP contribution in [0.1, 0.15) is 22.5 Å². The SMILES string of the molecule is O=C(NC(Cc1ccc(-c2cccc(Cl)c2)cc1)CC(O)C(=O)O)c1cc(-c2cnccn2)n[nH]1. The largest absolute Gasteiger partial charge is 0.479 e. The van der Waals surface area contributed by atoms with Crippen molar-refractivity contribution in [2.45, 2.75) is 25.0 Å². The molecule has 10 heteroatoms. The van der Waals surface area contributed by atoms with E-state index >= 15 is 0 Å². The van der Waals surface area contributed by atoms with Gasteiger partial charge in [-0.2, -0.15) is 5.10 Å². The van der Waals surface area contributed by atoms with Gasteiger partial charge in [-0.05, 0) is 41.3 Å². The van der Waals surface area contributed by atoms with Gasteiger partial charge in [-0.15, -0.1) is 0 Å². The Morgan fingerprint density at radius 2 is 1.83 bits per heavy atom. The van der Waals surface area contributed by atoms with Crippen LogP contribution in [-0.4, -0.2) is 54.4 Å². The zero-order valence-corrected chi connectivity index (χ0v) is 19.2. The molecule has 9 nitrogen and oxygen atoms in total. The number of amides is 1. The Labute approximate surface area is 205 Å². The summed E-state index contributed by atoms with van der Waals surface area (Å²) >= 11 is 6.08. The van der Waals surface area contributed by atoms with Crippen molar-refractivity contribution >= 4 is 23.5 Å². The first-order valence-corrected chi connectivity index (χ1v) is 11.2. The number of aliphatic hydroxyl groups excluding tert-OH is 1. The van der Waals surface area contributed by atoms with Gasteiger partial charge in [-0.3, -0.25) is 19.9 Å². The molecule has 0 saturated carbocycles. The van der Waals surface area contributed by atoms with Crippen molar-refractivity contribution in [3.63, 3.8) is 0 Å². The van der Waals surface area contributed by atoms with E-state index in [1.165, 1.54) is 24.7 Å². The average Bonchev–Trinajstić information content (AvgIpc) is 3.35. The van der Waals surface area contributed by atoms with Crippen molar-refractivity contribution < 1.29 is 19.8 Å². The highest BCUT2D eigenvalue weighted by Gasteiger charge is 2.23. The molecule has 1 amide bonds. The Morgan fingerprint density at radius 3 is 2.51 bits per heavy atom. The van der Waals surface area contributed by atoms with Crippen molar-refractivity contribution in [2.24, 2.45) is 0 Å². The van der Waals surface area contributed by atoms with Crippen molar-refractivity contribution in [1.29, 1.82) is 0 Å². The number of aromatic amines is 1. The van der Waals surface area contributed by atoms with E-state index in [1.807, 2.05) is 42.5 Å². The highest BCUT2D eigenvalue weighted by Crippen LogP contribution is 2.23. The van der Waals surface area contributed by atoms with Crippen LogP contribution in [0.25, 0.3) is 22.5 Å². The third-order valence-corrected chi connectivity index (χ3v) is 5.61. The number of carboxylic acids is 1. The summed E-state index contributed by atoms with van der Waals surface area (Å²) in [5, 5.41) is 29.3. The number of hydrogen-bond acceptors (Lipinski definition) is 6. The number of nitrogens with zero attached hydrogens (tertiary/aromatic N) is 3. The fourth-order valence-electron chi connectivity index (χ4n) is 3.61.